The van der Waals surface area contributed by atoms with Crippen LogP contribution in [0, 0.1) is 0 Å². The van der Waals surface area contributed by atoms with Crippen molar-refractivity contribution in [1.82, 2.24) is 0 Å². The summed E-state index contributed by atoms with van der Waals surface area (Å²) in [5.74, 6) is -1.13. The third-order valence-corrected chi connectivity index (χ3v) is 2.71. The van der Waals surface area contributed by atoms with Crippen molar-refractivity contribution in [3.63, 3.8) is 0 Å². The van der Waals surface area contributed by atoms with Crippen molar-refractivity contribution < 1.29 is 19.1 Å². The number of hydrogen-bond acceptors (Lipinski definition) is 5. The first-order valence-corrected chi connectivity index (χ1v) is 5.38. The lowest BCUT2D eigenvalue weighted by molar-refractivity contribution is -0.145. The maximum atomic E-state index is 11.7. The average molecular weight is 256 g/mol. The van der Waals surface area contributed by atoms with E-state index in [0.29, 0.717) is 11.4 Å². The van der Waals surface area contributed by atoms with Crippen LogP contribution < -0.4 is 5.73 Å². The molecular formula is C11H10ClNO4. The molecule has 1 heterocycles. The van der Waals surface area contributed by atoms with Crippen LogP contribution in [0.15, 0.2) is 18.2 Å². The van der Waals surface area contributed by atoms with Crippen LogP contribution in [0.2, 0.25) is 5.02 Å². The second kappa shape index (κ2) is 4.63. The first-order valence-electron chi connectivity index (χ1n) is 5.00. The van der Waals surface area contributed by atoms with E-state index in [9.17, 15) is 9.59 Å². The minimum Gasteiger partial charge on any atom is -0.463 e. The summed E-state index contributed by atoms with van der Waals surface area (Å²) in [6, 6.07) is 4.40. The van der Waals surface area contributed by atoms with Gasteiger partial charge >= 0.3 is 11.9 Å². The number of esters is 2. The number of halogens is 1. The van der Waals surface area contributed by atoms with Crippen LogP contribution >= 0.6 is 11.6 Å². The van der Waals surface area contributed by atoms with Gasteiger partial charge in [0.05, 0.1) is 22.9 Å². The molecule has 1 atom stereocenters. The second-order valence-electron chi connectivity index (χ2n) is 3.59. The average Bonchev–Trinajstić information content (AvgIpc) is 2.68. The number of ether oxygens (including phenoxy) is 2. The molecule has 1 aromatic carbocycles. The van der Waals surface area contributed by atoms with Gasteiger partial charge in [-0.1, -0.05) is 11.6 Å². The minimum atomic E-state index is -0.820. The van der Waals surface area contributed by atoms with Crippen LogP contribution in [0.25, 0.3) is 0 Å². The molecule has 17 heavy (non-hydrogen) atoms. The van der Waals surface area contributed by atoms with E-state index < -0.39 is 18.0 Å². The van der Waals surface area contributed by atoms with Gasteiger partial charge in [-0.25, -0.2) is 9.59 Å². The standard InChI is InChI=1S/C11H10ClNO4/c12-7-2-1-6(5-8(7)13)10(14)17-9-3-4-16-11(9)15/h1-2,5,9H,3-4,13H2/t9-/m0/s1. The van der Waals surface area contributed by atoms with Gasteiger partial charge in [-0.2, -0.15) is 0 Å². The van der Waals surface area contributed by atoms with Crippen molar-refractivity contribution >= 4 is 29.2 Å². The third kappa shape index (κ3) is 2.50. The van der Waals surface area contributed by atoms with Crippen LogP contribution in [-0.2, 0) is 14.3 Å². The zero-order valence-electron chi connectivity index (χ0n) is 8.81. The van der Waals surface area contributed by atoms with Gasteiger partial charge in [0.15, 0.2) is 0 Å². The molecular weight excluding hydrogens is 246 g/mol. The molecule has 0 aromatic heterocycles. The van der Waals surface area contributed by atoms with Crippen LogP contribution in [0.1, 0.15) is 16.8 Å². The second-order valence-corrected chi connectivity index (χ2v) is 3.99. The molecule has 2 N–H and O–H groups in total. The highest BCUT2D eigenvalue weighted by Gasteiger charge is 2.30. The van der Waals surface area contributed by atoms with Crippen LogP contribution in [0.4, 0.5) is 5.69 Å². The molecule has 0 unspecified atom stereocenters. The Morgan fingerprint density at radius 1 is 1.53 bits per heavy atom. The number of rotatable bonds is 2. The smallest absolute Gasteiger partial charge is 0.347 e. The molecule has 0 bridgehead atoms. The van der Waals surface area contributed by atoms with Gasteiger partial charge in [-0.15, -0.1) is 0 Å². The monoisotopic (exact) mass is 255 g/mol. The largest absolute Gasteiger partial charge is 0.463 e. The van der Waals surface area contributed by atoms with E-state index >= 15 is 0 Å². The van der Waals surface area contributed by atoms with E-state index in [0.717, 1.165) is 0 Å². The molecule has 0 radical (unpaired) electrons. The van der Waals surface area contributed by atoms with Crippen molar-refractivity contribution in [1.29, 1.82) is 0 Å². The van der Waals surface area contributed by atoms with Gasteiger partial charge in [0, 0.05) is 6.42 Å². The number of hydrogen-bond donors (Lipinski definition) is 1. The number of carbonyl (C=O) groups is 2. The highest BCUT2D eigenvalue weighted by molar-refractivity contribution is 6.33. The number of benzene rings is 1. The summed E-state index contributed by atoms with van der Waals surface area (Å²) in [4.78, 5) is 22.8. The lowest BCUT2D eigenvalue weighted by Crippen LogP contribution is -2.22. The highest BCUT2D eigenvalue weighted by Crippen LogP contribution is 2.21. The summed E-state index contributed by atoms with van der Waals surface area (Å²) < 4.78 is 9.68. The van der Waals surface area contributed by atoms with Gasteiger partial charge in [-0.3, -0.25) is 0 Å². The quantitative estimate of drug-likeness (QED) is 0.638. The number of nitrogen functional groups attached to an aromatic ring is 1. The summed E-state index contributed by atoms with van der Waals surface area (Å²) in [7, 11) is 0. The Balaban J connectivity index is 2.09. The lowest BCUT2D eigenvalue weighted by atomic mass is 10.2. The van der Waals surface area contributed by atoms with E-state index in [1.165, 1.54) is 18.2 Å². The Labute approximate surface area is 102 Å². The number of anilines is 1. The Bertz CT molecular complexity index is 475. The molecule has 0 saturated carbocycles. The van der Waals surface area contributed by atoms with Crippen molar-refractivity contribution in [2.75, 3.05) is 12.3 Å². The van der Waals surface area contributed by atoms with Crippen LogP contribution in [0.5, 0.6) is 0 Å². The summed E-state index contributed by atoms with van der Waals surface area (Å²) in [6.07, 6.45) is -0.437. The number of nitrogens with two attached hydrogens (primary N) is 1. The number of carbonyl (C=O) groups excluding carboxylic acids is 2. The first kappa shape index (κ1) is 11.7. The fourth-order valence-electron chi connectivity index (χ4n) is 1.45. The molecule has 90 valence electrons. The van der Waals surface area contributed by atoms with Crippen LogP contribution in [-0.4, -0.2) is 24.6 Å². The van der Waals surface area contributed by atoms with Gasteiger partial charge in [-0.05, 0) is 18.2 Å². The van der Waals surface area contributed by atoms with Gasteiger partial charge in [0.25, 0.3) is 0 Å². The van der Waals surface area contributed by atoms with Gasteiger partial charge in [0.1, 0.15) is 0 Å². The summed E-state index contributed by atoms with van der Waals surface area (Å²) in [5, 5.41) is 0.363. The Hall–Kier alpha value is -1.75. The van der Waals surface area contributed by atoms with E-state index in [1.54, 1.807) is 0 Å². The molecule has 0 amide bonds. The topological polar surface area (TPSA) is 78.6 Å². The van der Waals surface area contributed by atoms with Crippen molar-refractivity contribution in [2.24, 2.45) is 0 Å². The SMILES string of the molecule is Nc1cc(C(=O)O[C@H]2CCOC2=O)ccc1Cl. The molecule has 1 aliphatic heterocycles. The van der Waals surface area contributed by atoms with Crippen LogP contribution in [0.3, 0.4) is 0 Å². The molecule has 6 heteroatoms. The summed E-state index contributed by atoms with van der Waals surface area (Å²) in [5.41, 5.74) is 6.11. The Morgan fingerprint density at radius 3 is 2.88 bits per heavy atom. The van der Waals surface area contributed by atoms with Gasteiger partial charge < -0.3 is 15.2 Å². The van der Waals surface area contributed by atoms with E-state index in [-0.39, 0.29) is 17.9 Å². The zero-order valence-corrected chi connectivity index (χ0v) is 9.57. The van der Waals surface area contributed by atoms with E-state index in [2.05, 4.69) is 4.74 Å². The molecule has 1 aromatic rings. The maximum Gasteiger partial charge on any atom is 0.347 e. The maximum absolute atomic E-state index is 11.7. The lowest BCUT2D eigenvalue weighted by Gasteiger charge is -2.08. The molecule has 2 rings (SSSR count). The molecule has 0 aliphatic carbocycles. The predicted molar refractivity (Wildman–Crippen MR) is 60.6 cm³/mol. The predicted octanol–water partition coefficient (Wildman–Crippen LogP) is 1.39. The number of cyclic esters (lactones) is 1. The Morgan fingerprint density at radius 2 is 2.29 bits per heavy atom. The molecule has 1 fully saturated rings. The first-order chi connectivity index (χ1) is 8.08. The van der Waals surface area contributed by atoms with Gasteiger partial charge in [0.2, 0.25) is 6.10 Å². The third-order valence-electron chi connectivity index (χ3n) is 2.37. The molecule has 5 nitrogen and oxygen atoms in total. The molecule has 0 spiro atoms. The summed E-state index contributed by atoms with van der Waals surface area (Å²) >= 11 is 5.73. The normalized spacial score (nSPS) is 18.9. The van der Waals surface area contributed by atoms with Crippen molar-refractivity contribution in [3.8, 4) is 0 Å². The summed E-state index contributed by atoms with van der Waals surface area (Å²) in [6.45, 7) is 0.277. The zero-order chi connectivity index (χ0) is 12.4. The van der Waals surface area contributed by atoms with Crippen molar-refractivity contribution in [2.45, 2.75) is 12.5 Å². The minimum absolute atomic E-state index is 0.256. The molecule has 1 saturated heterocycles. The fourth-order valence-corrected chi connectivity index (χ4v) is 1.57. The molecule has 1 aliphatic rings. The fraction of sp³-hybridized carbons (Fsp3) is 0.273. The highest BCUT2D eigenvalue weighted by atomic mass is 35.5. The van der Waals surface area contributed by atoms with E-state index in [1.807, 2.05) is 0 Å². The van der Waals surface area contributed by atoms with E-state index in [4.69, 9.17) is 22.1 Å². The Kier molecular flexibility index (Phi) is 3.19. The van der Waals surface area contributed by atoms with Crippen molar-refractivity contribution in [3.05, 3.63) is 28.8 Å².